The van der Waals surface area contributed by atoms with Crippen LogP contribution in [0.2, 0.25) is 5.02 Å². The second kappa shape index (κ2) is 7.94. The van der Waals surface area contributed by atoms with Crippen molar-refractivity contribution in [1.29, 1.82) is 0 Å². The van der Waals surface area contributed by atoms with Crippen LogP contribution in [0.4, 0.5) is 9.52 Å². The topological polar surface area (TPSA) is 45.2 Å². The van der Waals surface area contributed by atoms with E-state index in [4.69, 9.17) is 11.6 Å². The van der Waals surface area contributed by atoms with Crippen LogP contribution in [-0.2, 0) is 11.2 Å². The molecule has 0 unspecified atom stereocenters. The summed E-state index contributed by atoms with van der Waals surface area (Å²) < 4.78 is 13.7. The lowest BCUT2D eigenvalue weighted by molar-refractivity contribution is -0.120. The number of hydrogen-bond acceptors (Lipinski definition) is 4. The van der Waals surface area contributed by atoms with Gasteiger partial charge in [-0.3, -0.25) is 4.79 Å². The minimum Gasteiger partial charge on any atom is -0.355 e. The molecule has 1 aromatic carbocycles. The molecule has 2 aromatic rings. The van der Waals surface area contributed by atoms with Crippen LogP contribution in [0.1, 0.15) is 18.4 Å². The molecule has 7 heteroatoms. The van der Waals surface area contributed by atoms with Crippen LogP contribution in [0.25, 0.3) is 0 Å². The molecule has 0 spiro atoms. The second-order valence-corrected chi connectivity index (χ2v) is 7.23. The van der Waals surface area contributed by atoms with E-state index in [9.17, 15) is 9.18 Å². The number of anilines is 1. The third-order valence-electron chi connectivity index (χ3n) is 4.20. The van der Waals surface area contributed by atoms with E-state index < -0.39 is 5.82 Å². The van der Waals surface area contributed by atoms with E-state index >= 15 is 0 Å². The fourth-order valence-corrected chi connectivity index (χ4v) is 3.87. The predicted molar refractivity (Wildman–Crippen MR) is 95.2 cm³/mol. The first kappa shape index (κ1) is 17.2. The fraction of sp³-hybridized carbons (Fsp3) is 0.412. The highest BCUT2D eigenvalue weighted by Gasteiger charge is 2.22. The highest BCUT2D eigenvalue weighted by Crippen LogP contribution is 2.24. The van der Waals surface area contributed by atoms with Gasteiger partial charge in [-0.1, -0.05) is 17.7 Å². The molecule has 1 saturated heterocycles. The molecule has 0 radical (unpaired) electrons. The van der Waals surface area contributed by atoms with Crippen molar-refractivity contribution in [1.82, 2.24) is 10.3 Å². The molecular formula is C17H19ClFN3OS. The fourth-order valence-electron chi connectivity index (χ4n) is 2.96. The summed E-state index contributed by atoms with van der Waals surface area (Å²) in [6.45, 7) is 2.48. The van der Waals surface area contributed by atoms with Crippen molar-refractivity contribution in [2.45, 2.75) is 19.3 Å². The number of amides is 1. The molecule has 1 N–H and O–H groups in total. The van der Waals surface area contributed by atoms with Crippen molar-refractivity contribution in [2.75, 3.05) is 24.5 Å². The largest absolute Gasteiger partial charge is 0.355 e. The average Bonchev–Trinajstić information content (AvgIpc) is 3.11. The zero-order valence-electron chi connectivity index (χ0n) is 13.2. The highest BCUT2D eigenvalue weighted by molar-refractivity contribution is 7.13. The maximum Gasteiger partial charge on any atom is 0.224 e. The monoisotopic (exact) mass is 367 g/mol. The van der Waals surface area contributed by atoms with E-state index in [0.29, 0.717) is 12.5 Å². The Bertz CT molecular complexity index is 675. The minimum atomic E-state index is -0.440. The van der Waals surface area contributed by atoms with Crippen LogP contribution in [0, 0.1) is 11.7 Å². The maximum atomic E-state index is 13.7. The van der Waals surface area contributed by atoms with Gasteiger partial charge in [-0.15, -0.1) is 11.3 Å². The van der Waals surface area contributed by atoms with Gasteiger partial charge in [-0.2, -0.15) is 0 Å². The Hall–Kier alpha value is -1.66. The Morgan fingerprint density at radius 3 is 3.12 bits per heavy atom. The van der Waals surface area contributed by atoms with E-state index in [0.717, 1.165) is 31.1 Å². The summed E-state index contributed by atoms with van der Waals surface area (Å²) in [6, 6.07) is 4.45. The lowest BCUT2D eigenvalue weighted by Gasteiger charge is -2.32. The summed E-state index contributed by atoms with van der Waals surface area (Å²) in [5.74, 6) is -0.263. The van der Waals surface area contributed by atoms with Crippen LogP contribution in [0.3, 0.4) is 0 Å². The Labute approximate surface area is 149 Å². The molecule has 0 bridgehead atoms. The standard InChI is InChI=1S/C17H19ClFN3OS/c18-14-4-1-5-15(19)13(14)9-16(23)21-10-12-3-2-7-22(11-12)17-20-6-8-24-17/h1,4-6,8,12H,2-3,7,9-11H2,(H,21,23)/t12-/m1/s1. The van der Waals surface area contributed by atoms with E-state index in [1.54, 1.807) is 17.4 Å². The van der Waals surface area contributed by atoms with Gasteiger partial charge in [0.05, 0.1) is 6.42 Å². The SMILES string of the molecule is O=C(Cc1c(F)cccc1Cl)NC[C@H]1CCCN(c2nccs2)C1. The van der Waals surface area contributed by atoms with Gasteiger partial charge in [0.2, 0.25) is 5.91 Å². The van der Waals surface area contributed by atoms with Gasteiger partial charge in [0.15, 0.2) is 5.13 Å². The average molecular weight is 368 g/mol. The molecule has 1 aliphatic rings. The van der Waals surface area contributed by atoms with Gasteiger partial charge < -0.3 is 10.2 Å². The Morgan fingerprint density at radius 1 is 1.50 bits per heavy atom. The number of hydrogen-bond donors (Lipinski definition) is 1. The van der Waals surface area contributed by atoms with E-state index in [-0.39, 0.29) is 22.9 Å². The summed E-state index contributed by atoms with van der Waals surface area (Å²) in [6.07, 6.45) is 3.93. The van der Waals surface area contributed by atoms with Crippen LogP contribution in [0.5, 0.6) is 0 Å². The highest BCUT2D eigenvalue weighted by atomic mass is 35.5. The summed E-state index contributed by atoms with van der Waals surface area (Å²) in [5.41, 5.74) is 0.254. The van der Waals surface area contributed by atoms with E-state index in [1.165, 1.54) is 12.1 Å². The smallest absolute Gasteiger partial charge is 0.224 e. The summed E-state index contributed by atoms with van der Waals surface area (Å²) >= 11 is 7.60. The Kier molecular flexibility index (Phi) is 5.68. The zero-order valence-corrected chi connectivity index (χ0v) is 14.7. The predicted octanol–water partition coefficient (Wildman–Crippen LogP) is 3.51. The minimum absolute atomic E-state index is 0.0333. The first-order valence-corrected chi connectivity index (χ1v) is 9.23. The summed E-state index contributed by atoms with van der Waals surface area (Å²) in [7, 11) is 0. The van der Waals surface area contributed by atoms with Crippen LogP contribution in [0.15, 0.2) is 29.8 Å². The number of thiazole rings is 1. The number of benzene rings is 1. The number of nitrogens with one attached hydrogen (secondary N) is 1. The zero-order chi connectivity index (χ0) is 16.9. The number of carbonyl (C=O) groups is 1. The lowest BCUT2D eigenvalue weighted by atomic mass is 9.98. The van der Waals surface area contributed by atoms with Gasteiger partial charge in [-0.25, -0.2) is 9.37 Å². The Morgan fingerprint density at radius 2 is 2.38 bits per heavy atom. The second-order valence-electron chi connectivity index (χ2n) is 5.95. The molecule has 0 saturated carbocycles. The number of aromatic nitrogens is 1. The molecule has 1 atom stereocenters. The molecular weight excluding hydrogens is 349 g/mol. The van der Waals surface area contributed by atoms with Crippen molar-refractivity contribution >= 4 is 34.0 Å². The van der Waals surface area contributed by atoms with Crippen LogP contribution in [-0.4, -0.2) is 30.5 Å². The molecule has 1 aliphatic heterocycles. The first-order chi connectivity index (χ1) is 11.6. The molecule has 128 valence electrons. The summed E-state index contributed by atoms with van der Waals surface area (Å²) in [4.78, 5) is 18.7. The number of nitrogens with zero attached hydrogens (tertiary/aromatic N) is 2. The van der Waals surface area contributed by atoms with Crippen molar-refractivity contribution in [3.8, 4) is 0 Å². The molecule has 4 nitrogen and oxygen atoms in total. The molecule has 24 heavy (non-hydrogen) atoms. The molecule has 2 heterocycles. The van der Waals surface area contributed by atoms with Crippen molar-refractivity contribution < 1.29 is 9.18 Å². The third-order valence-corrected chi connectivity index (χ3v) is 5.38. The van der Waals surface area contributed by atoms with Gasteiger partial charge in [0, 0.05) is 41.8 Å². The van der Waals surface area contributed by atoms with Crippen LogP contribution >= 0.6 is 22.9 Å². The molecule has 1 fully saturated rings. The lowest BCUT2D eigenvalue weighted by Crippen LogP contribution is -2.41. The molecule has 3 rings (SSSR count). The normalized spacial score (nSPS) is 17.8. The van der Waals surface area contributed by atoms with Crippen molar-refractivity contribution in [3.05, 3.63) is 46.2 Å². The van der Waals surface area contributed by atoms with E-state index in [1.807, 2.05) is 11.6 Å². The third kappa shape index (κ3) is 4.24. The van der Waals surface area contributed by atoms with Gasteiger partial charge in [0.1, 0.15) is 5.82 Å². The van der Waals surface area contributed by atoms with E-state index in [2.05, 4.69) is 15.2 Å². The molecule has 1 aromatic heterocycles. The van der Waals surface area contributed by atoms with Gasteiger partial charge >= 0.3 is 0 Å². The summed E-state index contributed by atoms with van der Waals surface area (Å²) in [5, 5.41) is 6.21. The van der Waals surface area contributed by atoms with Crippen LogP contribution < -0.4 is 10.2 Å². The Balaban J connectivity index is 1.51. The first-order valence-electron chi connectivity index (χ1n) is 7.97. The van der Waals surface area contributed by atoms with Crippen molar-refractivity contribution in [2.24, 2.45) is 5.92 Å². The number of piperidine rings is 1. The van der Waals surface area contributed by atoms with Crippen molar-refractivity contribution in [3.63, 3.8) is 0 Å². The quantitative estimate of drug-likeness (QED) is 0.879. The van der Waals surface area contributed by atoms with Gasteiger partial charge in [-0.05, 0) is 30.9 Å². The van der Waals surface area contributed by atoms with Gasteiger partial charge in [0.25, 0.3) is 0 Å². The number of carbonyl (C=O) groups excluding carboxylic acids is 1. The number of halogens is 2. The molecule has 1 amide bonds. The number of rotatable bonds is 5. The molecule has 0 aliphatic carbocycles. The maximum absolute atomic E-state index is 13.7.